The van der Waals surface area contributed by atoms with Crippen LogP contribution in [0.5, 0.6) is 0 Å². The molecule has 3 rings (SSSR count). The average Bonchev–Trinajstić information content (AvgIpc) is 2.72. The quantitative estimate of drug-likeness (QED) is 0.654. The Balaban J connectivity index is 1.73. The molecule has 28 heavy (non-hydrogen) atoms. The van der Waals surface area contributed by atoms with E-state index in [4.69, 9.17) is 11.6 Å². The lowest BCUT2D eigenvalue weighted by Gasteiger charge is -2.14. The summed E-state index contributed by atoms with van der Waals surface area (Å²) in [6.07, 6.45) is 2.86. The minimum absolute atomic E-state index is 0.166. The van der Waals surface area contributed by atoms with Gasteiger partial charge in [0.05, 0.1) is 17.2 Å². The summed E-state index contributed by atoms with van der Waals surface area (Å²) >= 11 is 6.09. The van der Waals surface area contributed by atoms with E-state index in [9.17, 15) is 9.59 Å². The second-order valence-electron chi connectivity index (χ2n) is 6.43. The first-order valence-electron chi connectivity index (χ1n) is 8.83. The minimum atomic E-state index is -0.358. The van der Waals surface area contributed by atoms with Crippen molar-refractivity contribution in [2.45, 2.75) is 19.9 Å². The fourth-order valence-corrected chi connectivity index (χ4v) is 2.91. The molecule has 0 saturated carbocycles. The van der Waals surface area contributed by atoms with Gasteiger partial charge in [0.25, 0.3) is 11.8 Å². The Bertz CT molecular complexity index is 1010. The third kappa shape index (κ3) is 4.56. The summed E-state index contributed by atoms with van der Waals surface area (Å²) < 4.78 is 0. The first-order chi connectivity index (χ1) is 13.5. The Labute approximate surface area is 168 Å². The van der Waals surface area contributed by atoms with Gasteiger partial charge in [0.2, 0.25) is 0 Å². The van der Waals surface area contributed by atoms with Crippen LogP contribution in [-0.2, 0) is 0 Å². The van der Waals surface area contributed by atoms with Crippen LogP contribution in [0, 0.1) is 6.92 Å². The first-order valence-corrected chi connectivity index (χ1v) is 9.21. The number of anilines is 1. The molecule has 2 N–H and O–H groups in total. The summed E-state index contributed by atoms with van der Waals surface area (Å²) in [5, 5.41) is 6.29. The van der Waals surface area contributed by atoms with Crippen LogP contribution in [0.25, 0.3) is 0 Å². The van der Waals surface area contributed by atoms with Gasteiger partial charge < -0.3 is 10.6 Å². The summed E-state index contributed by atoms with van der Waals surface area (Å²) in [6.45, 7) is 3.73. The summed E-state index contributed by atoms with van der Waals surface area (Å²) in [7, 11) is 0. The molecule has 0 aliphatic carbocycles. The molecule has 1 atom stereocenters. The van der Waals surface area contributed by atoms with Crippen LogP contribution in [0.15, 0.2) is 67.0 Å². The zero-order chi connectivity index (χ0) is 20.1. The zero-order valence-corrected chi connectivity index (χ0v) is 16.3. The molecule has 3 aromatic rings. The van der Waals surface area contributed by atoms with Crippen LogP contribution in [0.2, 0.25) is 5.02 Å². The smallest absolute Gasteiger partial charge is 0.257 e. The van der Waals surface area contributed by atoms with E-state index in [0.29, 0.717) is 21.8 Å². The van der Waals surface area contributed by atoms with Crippen molar-refractivity contribution < 1.29 is 9.59 Å². The van der Waals surface area contributed by atoms with Gasteiger partial charge in [0.15, 0.2) is 0 Å². The van der Waals surface area contributed by atoms with Gasteiger partial charge in [-0.1, -0.05) is 48.0 Å². The van der Waals surface area contributed by atoms with Gasteiger partial charge in [-0.3, -0.25) is 14.6 Å². The average molecular weight is 394 g/mol. The second kappa shape index (κ2) is 8.67. The van der Waals surface area contributed by atoms with E-state index in [1.807, 2.05) is 44.2 Å². The van der Waals surface area contributed by atoms with Gasteiger partial charge in [-0.2, -0.15) is 0 Å². The van der Waals surface area contributed by atoms with Crippen LogP contribution in [-0.4, -0.2) is 16.8 Å². The van der Waals surface area contributed by atoms with Crippen molar-refractivity contribution in [2.75, 3.05) is 5.32 Å². The van der Waals surface area contributed by atoms with Crippen molar-refractivity contribution in [3.8, 4) is 0 Å². The van der Waals surface area contributed by atoms with Gasteiger partial charge in [-0.15, -0.1) is 0 Å². The Kier molecular flexibility index (Phi) is 6.06. The van der Waals surface area contributed by atoms with Crippen LogP contribution >= 0.6 is 11.6 Å². The number of hydrogen-bond donors (Lipinski definition) is 2. The first kappa shape index (κ1) is 19.6. The molecule has 0 radical (unpaired) electrons. The molecule has 0 spiro atoms. The number of carbonyl (C=O) groups is 2. The molecule has 142 valence electrons. The number of hydrogen-bond acceptors (Lipinski definition) is 3. The van der Waals surface area contributed by atoms with Gasteiger partial charge >= 0.3 is 0 Å². The third-order valence-electron chi connectivity index (χ3n) is 4.43. The van der Waals surface area contributed by atoms with Crippen molar-refractivity contribution in [1.29, 1.82) is 0 Å². The van der Waals surface area contributed by atoms with Crippen molar-refractivity contribution in [3.05, 3.63) is 94.3 Å². The van der Waals surface area contributed by atoms with Gasteiger partial charge in [0, 0.05) is 23.1 Å². The minimum Gasteiger partial charge on any atom is -0.345 e. The Hall–Kier alpha value is -3.18. The molecule has 2 amide bonds. The van der Waals surface area contributed by atoms with Crippen LogP contribution in [0.4, 0.5) is 5.69 Å². The predicted molar refractivity (Wildman–Crippen MR) is 111 cm³/mol. The Morgan fingerprint density at radius 1 is 0.964 bits per heavy atom. The van der Waals surface area contributed by atoms with Crippen molar-refractivity contribution >= 4 is 29.1 Å². The molecule has 0 saturated heterocycles. The Morgan fingerprint density at radius 2 is 1.64 bits per heavy atom. The fourth-order valence-electron chi connectivity index (χ4n) is 2.73. The number of amides is 2. The molecule has 1 unspecified atom stereocenters. The van der Waals surface area contributed by atoms with E-state index < -0.39 is 0 Å². The molecule has 0 aliphatic rings. The highest BCUT2D eigenvalue weighted by atomic mass is 35.5. The van der Waals surface area contributed by atoms with Crippen LogP contribution in [0.3, 0.4) is 0 Å². The topological polar surface area (TPSA) is 71.1 Å². The third-order valence-corrected chi connectivity index (χ3v) is 4.84. The number of nitrogens with zero attached hydrogens (tertiary/aromatic N) is 1. The van der Waals surface area contributed by atoms with Crippen LogP contribution < -0.4 is 10.6 Å². The number of nitrogens with one attached hydrogen (secondary N) is 2. The largest absolute Gasteiger partial charge is 0.345 e. The SMILES string of the molecule is Cc1c(Cl)cccc1NC(=O)c1cncc(C(=O)NC(C)c2ccccc2)c1. The maximum Gasteiger partial charge on any atom is 0.257 e. The summed E-state index contributed by atoms with van der Waals surface area (Å²) in [6, 6.07) is 16.3. The lowest BCUT2D eigenvalue weighted by molar-refractivity contribution is 0.0939. The highest BCUT2D eigenvalue weighted by molar-refractivity contribution is 6.31. The maximum absolute atomic E-state index is 12.6. The molecular formula is C22H20ClN3O2. The fraction of sp³-hybridized carbons (Fsp3) is 0.136. The molecule has 0 bridgehead atoms. The zero-order valence-electron chi connectivity index (χ0n) is 15.6. The molecule has 1 heterocycles. The molecule has 5 nitrogen and oxygen atoms in total. The lowest BCUT2D eigenvalue weighted by atomic mass is 10.1. The van der Waals surface area contributed by atoms with Gasteiger partial charge in [0.1, 0.15) is 0 Å². The molecule has 0 aliphatic heterocycles. The molecule has 0 fully saturated rings. The highest BCUT2D eigenvalue weighted by Crippen LogP contribution is 2.23. The second-order valence-corrected chi connectivity index (χ2v) is 6.84. The Morgan fingerprint density at radius 3 is 2.36 bits per heavy atom. The van der Waals surface area contributed by atoms with Crippen molar-refractivity contribution in [1.82, 2.24) is 10.3 Å². The number of pyridine rings is 1. The lowest BCUT2D eigenvalue weighted by Crippen LogP contribution is -2.27. The maximum atomic E-state index is 12.6. The summed E-state index contributed by atoms with van der Waals surface area (Å²) in [4.78, 5) is 29.2. The van der Waals surface area contributed by atoms with Gasteiger partial charge in [-0.05, 0) is 43.2 Å². The van der Waals surface area contributed by atoms with Crippen molar-refractivity contribution in [2.24, 2.45) is 0 Å². The van der Waals surface area contributed by atoms with E-state index in [0.717, 1.165) is 11.1 Å². The molecule has 1 aromatic heterocycles. The normalized spacial score (nSPS) is 11.5. The molecular weight excluding hydrogens is 374 g/mol. The van der Waals surface area contributed by atoms with Gasteiger partial charge in [-0.25, -0.2) is 0 Å². The molecule has 2 aromatic carbocycles. The predicted octanol–water partition coefficient (Wildman–Crippen LogP) is 4.79. The summed E-state index contributed by atoms with van der Waals surface area (Å²) in [5.74, 6) is -0.652. The number of aromatic nitrogens is 1. The van der Waals surface area contributed by atoms with E-state index >= 15 is 0 Å². The summed E-state index contributed by atoms with van der Waals surface area (Å²) in [5.41, 5.74) is 2.99. The number of halogens is 1. The standard InChI is InChI=1S/C22H20ClN3O2/c1-14-19(23)9-6-10-20(14)26-22(28)18-11-17(12-24-13-18)21(27)25-15(2)16-7-4-3-5-8-16/h3-13,15H,1-2H3,(H,25,27)(H,26,28). The highest BCUT2D eigenvalue weighted by Gasteiger charge is 2.15. The monoisotopic (exact) mass is 393 g/mol. The van der Waals surface area contributed by atoms with E-state index in [1.165, 1.54) is 18.5 Å². The number of carbonyl (C=O) groups excluding carboxylic acids is 2. The van der Waals surface area contributed by atoms with E-state index in [2.05, 4.69) is 15.6 Å². The van der Waals surface area contributed by atoms with E-state index in [1.54, 1.807) is 18.2 Å². The van der Waals surface area contributed by atoms with E-state index in [-0.39, 0.29) is 17.9 Å². The van der Waals surface area contributed by atoms with Crippen LogP contribution in [0.1, 0.15) is 44.8 Å². The van der Waals surface area contributed by atoms with Crippen molar-refractivity contribution in [3.63, 3.8) is 0 Å². The molecule has 6 heteroatoms. The number of benzene rings is 2. The number of rotatable bonds is 5.